The topological polar surface area (TPSA) is 126 Å². The lowest BCUT2D eigenvalue weighted by molar-refractivity contribution is -0.137. The van der Waals surface area contributed by atoms with Crippen LogP contribution in [0.25, 0.3) is 0 Å². The molecule has 270 valence electrons. The second-order valence-corrected chi connectivity index (χ2v) is 14.5. The molecule has 0 fully saturated rings. The van der Waals surface area contributed by atoms with Crippen molar-refractivity contribution in [1.82, 2.24) is 19.4 Å². The molecule has 49 heavy (non-hydrogen) atoms. The Labute approximate surface area is 286 Å². The fourth-order valence-corrected chi connectivity index (χ4v) is 6.70. The zero-order valence-electron chi connectivity index (χ0n) is 28.5. The molecular formula is C34H46F3N5O6S. The summed E-state index contributed by atoms with van der Waals surface area (Å²) in [4.78, 5) is 21.8. The lowest BCUT2D eigenvalue weighted by Gasteiger charge is -2.36. The van der Waals surface area contributed by atoms with Crippen molar-refractivity contribution in [3.63, 3.8) is 0 Å². The Morgan fingerprint density at radius 3 is 2.49 bits per heavy atom. The van der Waals surface area contributed by atoms with E-state index in [2.05, 4.69) is 9.71 Å². The third-order valence-electron chi connectivity index (χ3n) is 8.49. The van der Waals surface area contributed by atoms with Crippen LogP contribution in [-0.4, -0.2) is 90.4 Å². The summed E-state index contributed by atoms with van der Waals surface area (Å²) in [6.45, 7) is 6.73. The molecule has 3 aromatic rings. The zero-order chi connectivity index (χ0) is 35.9. The largest absolute Gasteiger partial charge is 0.490 e. The molecule has 2 heterocycles. The van der Waals surface area contributed by atoms with E-state index in [1.807, 2.05) is 25.8 Å². The first-order valence-electron chi connectivity index (χ1n) is 16.3. The highest BCUT2D eigenvalue weighted by molar-refractivity contribution is 7.92. The van der Waals surface area contributed by atoms with Crippen LogP contribution in [0.3, 0.4) is 0 Å². The summed E-state index contributed by atoms with van der Waals surface area (Å²) in [5, 5.41) is 10.0. The molecule has 2 N–H and O–H groups in total. The number of hydrogen-bond donors (Lipinski definition) is 2. The predicted molar refractivity (Wildman–Crippen MR) is 179 cm³/mol. The highest BCUT2D eigenvalue weighted by Gasteiger charge is 2.32. The van der Waals surface area contributed by atoms with Crippen molar-refractivity contribution in [2.24, 2.45) is 13.0 Å². The van der Waals surface area contributed by atoms with Crippen molar-refractivity contribution >= 4 is 21.6 Å². The number of hydrogen-bond acceptors (Lipinski definition) is 8. The van der Waals surface area contributed by atoms with Gasteiger partial charge in [0.1, 0.15) is 5.75 Å². The fourth-order valence-electron chi connectivity index (χ4n) is 5.67. The van der Waals surface area contributed by atoms with Crippen LogP contribution in [0.5, 0.6) is 5.75 Å². The molecule has 0 bridgehead atoms. The second kappa shape index (κ2) is 16.4. The van der Waals surface area contributed by atoms with Crippen molar-refractivity contribution in [1.29, 1.82) is 0 Å². The fraction of sp³-hybridized carbons (Fsp3) is 0.529. The quantitative estimate of drug-likeness (QED) is 0.312. The van der Waals surface area contributed by atoms with Crippen molar-refractivity contribution in [3.8, 4) is 5.75 Å². The number of amides is 1. The molecule has 0 unspecified atom stereocenters. The van der Waals surface area contributed by atoms with Gasteiger partial charge in [-0.2, -0.15) is 21.6 Å². The molecular weight excluding hydrogens is 663 g/mol. The number of nitrogens with one attached hydrogen (secondary N) is 1. The molecule has 1 aromatic heterocycles. The number of aryl methyl sites for hydroxylation is 1. The first kappa shape index (κ1) is 38.1. The summed E-state index contributed by atoms with van der Waals surface area (Å²) < 4.78 is 81.9. The number of halogens is 3. The number of anilines is 1. The monoisotopic (exact) mass is 709 g/mol. The van der Waals surface area contributed by atoms with Crippen LogP contribution < -0.4 is 9.46 Å². The molecule has 11 nitrogen and oxygen atoms in total. The smallest absolute Gasteiger partial charge is 0.416 e. The van der Waals surface area contributed by atoms with Crippen LogP contribution >= 0.6 is 0 Å². The number of aromatic nitrogens is 2. The van der Waals surface area contributed by atoms with Gasteiger partial charge >= 0.3 is 6.18 Å². The third kappa shape index (κ3) is 10.4. The minimum Gasteiger partial charge on any atom is -0.490 e. The van der Waals surface area contributed by atoms with Crippen LogP contribution in [0.4, 0.5) is 18.9 Å². The Morgan fingerprint density at radius 2 is 1.86 bits per heavy atom. The minimum atomic E-state index is -4.41. The number of carbonyl (C=O) groups excluding carboxylic acids is 1. The number of imidazole rings is 1. The Balaban J connectivity index is 1.60. The number of sulfonamides is 1. The molecule has 4 rings (SSSR count). The normalized spacial score (nSPS) is 20.7. The maximum absolute atomic E-state index is 14.3. The average molecular weight is 710 g/mol. The summed E-state index contributed by atoms with van der Waals surface area (Å²) in [7, 11) is -0.534. The van der Waals surface area contributed by atoms with E-state index in [0.29, 0.717) is 31.9 Å². The average Bonchev–Trinajstić information content (AvgIpc) is 3.49. The summed E-state index contributed by atoms with van der Waals surface area (Å²) in [5.74, 6) is -0.393. The molecule has 0 aliphatic carbocycles. The third-order valence-corrected chi connectivity index (χ3v) is 9.75. The van der Waals surface area contributed by atoms with Gasteiger partial charge in [-0.3, -0.25) is 14.4 Å². The van der Waals surface area contributed by atoms with Crippen molar-refractivity contribution in [2.75, 3.05) is 38.1 Å². The molecule has 0 spiro atoms. The molecule has 1 aliphatic rings. The molecule has 2 aromatic carbocycles. The molecule has 15 heteroatoms. The van der Waals surface area contributed by atoms with Gasteiger partial charge in [0.25, 0.3) is 15.9 Å². The van der Waals surface area contributed by atoms with E-state index >= 15 is 0 Å². The Morgan fingerprint density at radius 1 is 1.14 bits per heavy atom. The minimum absolute atomic E-state index is 0.134. The molecule has 0 saturated heterocycles. The van der Waals surface area contributed by atoms with E-state index in [1.54, 1.807) is 20.0 Å². The Hall–Kier alpha value is -3.66. The van der Waals surface area contributed by atoms with Crippen molar-refractivity contribution in [2.45, 2.75) is 76.0 Å². The lowest BCUT2D eigenvalue weighted by atomic mass is 10.0. The number of aliphatic hydroxyl groups is 1. The second-order valence-electron chi connectivity index (χ2n) is 12.9. The molecule has 0 radical (unpaired) electrons. The Bertz CT molecular complexity index is 1650. The number of nitrogens with zero attached hydrogens (tertiary/aromatic N) is 4. The molecule has 4 atom stereocenters. The van der Waals surface area contributed by atoms with E-state index in [9.17, 15) is 31.5 Å². The van der Waals surface area contributed by atoms with Crippen LogP contribution in [-0.2, 0) is 34.5 Å². The van der Waals surface area contributed by atoms with E-state index in [1.165, 1.54) is 46.3 Å². The highest BCUT2D eigenvalue weighted by atomic mass is 32.2. The van der Waals surface area contributed by atoms with Gasteiger partial charge in [-0.05, 0) is 76.1 Å². The number of aliphatic hydroxyl groups excluding tert-OH is 1. The maximum Gasteiger partial charge on any atom is 0.416 e. The zero-order valence-corrected chi connectivity index (χ0v) is 29.3. The van der Waals surface area contributed by atoms with Crippen LogP contribution in [0.1, 0.15) is 61.5 Å². The number of fused-ring (bicyclic) bond motifs is 1. The number of ether oxygens (including phenoxy) is 2. The number of rotatable bonds is 9. The van der Waals surface area contributed by atoms with Gasteiger partial charge in [-0.15, -0.1) is 0 Å². The summed E-state index contributed by atoms with van der Waals surface area (Å²) >= 11 is 0. The predicted octanol–water partition coefficient (Wildman–Crippen LogP) is 5.17. The summed E-state index contributed by atoms with van der Waals surface area (Å²) in [6.07, 6.45) is -0.0614. The molecule has 0 saturated carbocycles. The van der Waals surface area contributed by atoms with Gasteiger partial charge in [0.15, 0.2) is 5.03 Å². The van der Waals surface area contributed by atoms with Gasteiger partial charge in [0, 0.05) is 51.1 Å². The van der Waals surface area contributed by atoms with E-state index in [4.69, 9.17) is 9.47 Å². The van der Waals surface area contributed by atoms with Gasteiger partial charge < -0.3 is 24.0 Å². The molecule has 1 aliphatic heterocycles. The number of alkyl halides is 3. The van der Waals surface area contributed by atoms with Gasteiger partial charge in [0.05, 0.1) is 42.3 Å². The van der Waals surface area contributed by atoms with Crippen LogP contribution in [0.2, 0.25) is 0 Å². The lowest BCUT2D eigenvalue weighted by Crippen LogP contribution is -2.47. The highest BCUT2D eigenvalue weighted by Crippen LogP contribution is 2.31. The number of benzene rings is 2. The first-order chi connectivity index (χ1) is 23.1. The summed E-state index contributed by atoms with van der Waals surface area (Å²) in [6, 6.07) is 9.00. The van der Waals surface area contributed by atoms with E-state index in [0.717, 1.165) is 30.5 Å². The van der Waals surface area contributed by atoms with Gasteiger partial charge in [-0.25, -0.2) is 4.98 Å². The van der Waals surface area contributed by atoms with E-state index in [-0.39, 0.29) is 47.6 Å². The standard InChI is InChI=1S/C34H46F3N5O6S/c1-23-17-42(24(2)21-43)33(44)29-16-28(39-49(45,46)32-20-41(5)22-38-32)13-14-30(29)48-25(3)8-6-7-15-47-31(23)19-40(4)18-26-9-11-27(12-10-26)34(35,36)37/h9-14,16,20,22-25,31,39,43H,6-8,15,17-19,21H2,1-5H3/t23-,24+,25+,31-/m1/s1. The molecule has 1 amide bonds. The van der Waals surface area contributed by atoms with Crippen molar-refractivity contribution in [3.05, 3.63) is 71.7 Å². The van der Waals surface area contributed by atoms with Crippen LogP contribution in [0.15, 0.2) is 60.0 Å². The summed E-state index contributed by atoms with van der Waals surface area (Å²) in [5.41, 5.74) is 0.291. The maximum atomic E-state index is 14.3. The van der Waals surface area contributed by atoms with Crippen LogP contribution in [0, 0.1) is 5.92 Å². The number of carbonyl (C=O) groups is 1. The van der Waals surface area contributed by atoms with Crippen molar-refractivity contribution < 1.29 is 41.0 Å². The van der Waals surface area contributed by atoms with Gasteiger partial charge in [-0.1, -0.05) is 19.1 Å². The first-order valence-corrected chi connectivity index (χ1v) is 17.7. The number of likely N-dealkylation sites (N-methyl/N-ethyl adjacent to an activating group) is 1. The van der Waals surface area contributed by atoms with Gasteiger partial charge in [0.2, 0.25) is 0 Å². The SMILES string of the molecule is C[C@@H]1CN([C@@H](C)CO)C(=O)c2cc(NS(=O)(=O)c3cn(C)cn3)ccc2O[C@@H](C)CCCCO[C@@H]1CN(C)Cc1ccc(C(F)(F)F)cc1. The Kier molecular flexibility index (Phi) is 12.7. The van der Waals surface area contributed by atoms with E-state index < -0.39 is 33.7 Å².